The van der Waals surface area contributed by atoms with Gasteiger partial charge in [0.05, 0.1) is 10.0 Å². The Morgan fingerprint density at radius 1 is 1.50 bits per heavy atom. The first-order valence-corrected chi connectivity index (χ1v) is 6.69. The summed E-state index contributed by atoms with van der Waals surface area (Å²) in [6, 6.07) is 0. The smallest absolute Gasteiger partial charge is 0.0975 e. The Morgan fingerprint density at radius 2 is 2.00 bits per heavy atom. The van der Waals surface area contributed by atoms with Gasteiger partial charge in [0, 0.05) is 3.92 Å². The number of hydrogen-bond donors (Lipinski definition) is 0. The van der Waals surface area contributed by atoms with Crippen molar-refractivity contribution < 1.29 is 5.11 Å². The molecule has 0 fully saturated rings. The highest BCUT2D eigenvalue weighted by Crippen LogP contribution is 2.35. The number of rotatable bonds is 5. The van der Waals surface area contributed by atoms with Crippen molar-refractivity contribution in [1.82, 2.24) is 0 Å². The maximum atomic E-state index is 10.9. The van der Waals surface area contributed by atoms with E-state index >= 15 is 0 Å². The van der Waals surface area contributed by atoms with E-state index in [-0.39, 0.29) is 10.0 Å². The van der Waals surface area contributed by atoms with E-state index < -0.39 is 0 Å². The monoisotopic (exact) mass is 395 g/mol. The highest BCUT2D eigenvalue weighted by Gasteiger charge is 2.32. The van der Waals surface area contributed by atoms with Gasteiger partial charge in [0.1, 0.15) is 0 Å². The fourth-order valence-corrected chi connectivity index (χ4v) is 2.43. The molecule has 0 aromatic rings. The fraction of sp³-hybridized carbons (Fsp3) is 1.00. The first kappa shape index (κ1) is 13.4. The van der Waals surface area contributed by atoms with Gasteiger partial charge in [-0.2, -0.15) is 0 Å². The fourth-order valence-electron chi connectivity index (χ4n) is 1.27. The van der Waals surface area contributed by atoms with Gasteiger partial charge in [-0.3, -0.25) is 0 Å². The average Bonchev–Trinajstić information content (AvgIpc) is 2.03. The van der Waals surface area contributed by atoms with Crippen molar-refractivity contribution in [2.75, 3.05) is 6.61 Å². The average molecular weight is 395 g/mol. The minimum Gasteiger partial charge on any atom is -0.235 e. The quantitative estimate of drug-likeness (QED) is 0.498. The van der Waals surface area contributed by atoms with Crippen LogP contribution >= 0.6 is 45.2 Å². The summed E-state index contributed by atoms with van der Waals surface area (Å²) in [6.45, 7) is 6.52. The van der Waals surface area contributed by atoms with Gasteiger partial charge < -0.3 is 0 Å². The van der Waals surface area contributed by atoms with Crippen LogP contribution in [0.3, 0.4) is 0 Å². The lowest BCUT2D eigenvalue weighted by atomic mass is 9.94. The van der Waals surface area contributed by atoms with Gasteiger partial charge in [0.2, 0.25) is 0 Å². The molecule has 0 aliphatic heterocycles. The van der Waals surface area contributed by atoms with Crippen molar-refractivity contribution >= 4 is 45.2 Å². The molecule has 0 saturated carbocycles. The van der Waals surface area contributed by atoms with Crippen molar-refractivity contribution in [2.45, 2.75) is 41.0 Å². The molecule has 0 aromatic carbocycles. The van der Waals surface area contributed by atoms with Crippen LogP contribution < -0.4 is 0 Å². The topological polar surface area (TPSA) is 19.9 Å². The Kier molecular flexibility index (Phi) is 6.72. The molecule has 1 radical (unpaired) electrons. The molecular weight excluding hydrogens is 378 g/mol. The summed E-state index contributed by atoms with van der Waals surface area (Å²) in [6.07, 6.45) is 2.44. The second-order valence-electron chi connectivity index (χ2n) is 3.59. The van der Waals surface area contributed by atoms with Crippen molar-refractivity contribution in [1.29, 1.82) is 0 Å². The maximum absolute atomic E-state index is 10.9. The molecule has 3 heteroatoms. The summed E-state index contributed by atoms with van der Waals surface area (Å²) in [5.41, 5.74) is 0. The summed E-state index contributed by atoms with van der Waals surface area (Å²) in [5, 5.41) is 10.9. The molecule has 0 rings (SSSR count). The lowest BCUT2D eigenvalue weighted by molar-refractivity contribution is 0.165. The molecule has 0 saturated heterocycles. The Labute approximate surface area is 103 Å². The summed E-state index contributed by atoms with van der Waals surface area (Å²) in [7, 11) is 0. The van der Waals surface area contributed by atoms with Crippen molar-refractivity contribution in [3.63, 3.8) is 0 Å². The van der Waals surface area contributed by atoms with Crippen LogP contribution in [0.25, 0.3) is 0 Å². The molecule has 0 aromatic heterocycles. The second-order valence-corrected chi connectivity index (χ2v) is 7.40. The van der Waals surface area contributed by atoms with E-state index in [1.54, 1.807) is 0 Å². The van der Waals surface area contributed by atoms with E-state index in [9.17, 15) is 5.11 Å². The molecule has 3 unspecified atom stereocenters. The van der Waals surface area contributed by atoms with Crippen molar-refractivity contribution in [2.24, 2.45) is 5.92 Å². The zero-order valence-electron chi connectivity index (χ0n) is 7.94. The molecule has 73 valence electrons. The van der Waals surface area contributed by atoms with Crippen LogP contribution in [-0.4, -0.2) is 14.0 Å². The second kappa shape index (κ2) is 6.01. The molecule has 12 heavy (non-hydrogen) atoms. The van der Waals surface area contributed by atoms with Crippen LogP contribution in [0, 0.1) is 5.92 Å². The highest BCUT2D eigenvalue weighted by molar-refractivity contribution is 14.1. The van der Waals surface area contributed by atoms with Gasteiger partial charge in [-0.1, -0.05) is 65.5 Å². The minimum absolute atomic E-state index is 0.0230. The maximum Gasteiger partial charge on any atom is 0.0975 e. The van der Waals surface area contributed by atoms with E-state index in [0.29, 0.717) is 9.84 Å². The third-order valence-electron chi connectivity index (χ3n) is 2.10. The van der Waals surface area contributed by atoms with E-state index in [1.165, 1.54) is 12.8 Å². The molecule has 0 heterocycles. The number of alkyl halides is 2. The molecular formula is C9H17I2O. The third kappa shape index (κ3) is 4.09. The van der Waals surface area contributed by atoms with Gasteiger partial charge in [-0.25, -0.2) is 5.11 Å². The first-order valence-electron chi connectivity index (χ1n) is 4.36. The molecule has 0 amide bonds. The Hall–Kier alpha value is 1.42. The largest absolute Gasteiger partial charge is 0.235 e. The molecule has 0 N–H and O–H groups in total. The van der Waals surface area contributed by atoms with Crippen LogP contribution in [0.5, 0.6) is 0 Å². The molecule has 1 nitrogen and oxygen atoms in total. The standard InChI is InChI=1S/C9H17I2O/c1-4-5-7(2)8(10)9(3,11)6-12/h7-8H,4-6H2,1-3H3. The van der Waals surface area contributed by atoms with Gasteiger partial charge in [0.25, 0.3) is 0 Å². The lowest BCUT2D eigenvalue weighted by Crippen LogP contribution is -2.36. The van der Waals surface area contributed by atoms with Crippen LogP contribution in [0.4, 0.5) is 0 Å². The Bertz CT molecular complexity index is 126. The van der Waals surface area contributed by atoms with E-state index in [2.05, 4.69) is 66.0 Å². The third-order valence-corrected chi connectivity index (χ3v) is 6.88. The Morgan fingerprint density at radius 3 is 2.33 bits per heavy atom. The van der Waals surface area contributed by atoms with Gasteiger partial charge in [0.15, 0.2) is 0 Å². The Balaban J connectivity index is 4.07. The zero-order chi connectivity index (χ0) is 9.78. The van der Waals surface area contributed by atoms with Crippen LogP contribution in [-0.2, 0) is 5.11 Å². The van der Waals surface area contributed by atoms with Crippen molar-refractivity contribution in [3.05, 3.63) is 0 Å². The lowest BCUT2D eigenvalue weighted by Gasteiger charge is -2.30. The van der Waals surface area contributed by atoms with Crippen LogP contribution in [0.1, 0.15) is 33.6 Å². The predicted octanol–water partition coefficient (Wildman–Crippen LogP) is 3.85. The minimum atomic E-state index is -0.0765. The normalized spacial score (nSPS) is 21.5. The van der Waals surface area contributed by atoms with Crippen LogP contribution in [0.15, 0.2) is 0 Å². The molecule has 0 aliphatic carbocycles. The van der Waals surface area contributed by atoms with Gasteiger partial charge in [-0.05, 0) is 19.3 Å². The summed E-state index contributed by atoms with van der Waals surface area (Å²) >= 11 is 4.73. The van der Waals surface area contributed by atoms with E-state index in [1.807, 2.05) is 0 Å². The highest BCUT2D eigenvalue weighted by atomic mass is 127. The van der Waals surface area contributed by atoms with Crippen LogP contribution in [0.2, 0.25) is 0 Å². The van der Waals surface area contributed by atoms with Crippen molar-refractivity contribution in [3.8, 4) is 0 Å². The molecule has 0 bridgehead atoms. The van der Waals surface area contributed by atoms with Gasteiger partial charge >= 0.3 is 0 Å². The number of halogens is 2. The number of hydrogen-bond acceptors (Lipinski definition) is 0. The summed E-state index contributed by atoms with van der Waals surface area (Å²) < 4.78 is 0.417. The SMILES string of the molecule is CCCC(C)C(I)C(C)(I)C[O]. The first-order chi connectivity index (χ1) is 5.45. The molecule has 0 spiro atoms. The van der Waals surface area contributed by atoms with E-state index in [0.717, 1.165) is 0 Å². The zero-order valence-corrected chi connectivity index (χ0v) is 12.3. The summed E-state index contributed by atoms with van der Waals surface area (Å²) in [5.74, 6) is 0.659. The predicted molar refractivity (Wildman–Crippen MR) is 69.9 cm³/mol. The molecule has 3 atom stereocenters. The van der Waals surface area contributed by atoms with E-state index in [4.69, 9.17) is 0 Å². The molecule has 0 aliphatic rings. The summed E-state index contributed by atoms with van der Waals surface area (Å²) in [4.78, 5) is 0. The van der Waals surface area contributed by atoms with Gasteiger partial charge in [-0.15, -0.1) is 0 Å².